The zero-order valence-electron chi connectivity index (χ0n) is 16.9. The summed E-state index contributed by atoms with van der Waals surface area (Å²) < 4.78 is 0. The third kappa shape index (κ3) is 6.29. The lowest BCUT2D eigenvalue weighted by Crippen LogP contribution is -2.26. The van der Waals surface area contributed by atoms with Crippen LogP contribution in [0.1, 0.15) is 96.0 Å². The van der Waals surface area contributed by atoms with Crippen LogP contribution in [0, 0.1) is 23.7 Å². The van der Waals surface area contributed by atoms with E-state index in [-0.39, 0.29) is 0 Å². The fourth-order valence-electron chi connectivity index (χ4n) is 5.60. The quantitative estimate of drug-likeness (QED) is 0.400. The highest BCUT2D eigenvalue weighted by Gasteiger charge is 2.30. The molecule has 0 saturated heterocycles. The summed E-state index contributed by atoms with van der Waals surface area (Å²) in [5, 5.41) is 0.856. The molecule has 0 N–H and O–H groups in total. The standard InChI is InChI=1S/C25H39Cl/c1-2-3-4-5-20-8-14-23(15-9-20)24-16-10-21(11-17-24)6-7-22-12-18-25(26)19-13-22/h12-13,18-21,23-24H,2-11,14-17H2,1H3/t20-,21-,23-,24-. The van der Waals surface area contributed by atoms with Gasteiger partial charge >= 0.3 is 0 Å². The van der Waals surface area contributed by atoms with Crippen LogP contribution in [0.2, 0.25) is 5.02 Å². The van der Waals surface area contributed by atoms with E-state index >= 15 is 0 Å². The molecular weight excluding hydrogens is 336 g/mol. The molecule has 0 unspecified atom stereocenters. The molecule has 1 aromatic rings. The molecular formula is C25H39Cl. The zero-order chi connectivity index (χ0) is 18.2. The molecule has 2 saturated carbocycles. The van der Waals surface area contributed by atoms with Crippen LogP contribution < -0.4 is 0 Å². The molecule has 0 bridgehead atoms. The first-order valence-corrected chi connectivity index (χ1v) is 11.9. The van der Waals surface area contributed by atoms with Gasteiger partial charge in [-0.05, 0) is 79.9 Å². The highest BCUT2D eigenvalue weighted by Crippen LogP contribution is 2.43. The second-order valence-electron chi connectivity index (χ2n) is 9.22. The molecule has 0 amide bonds. The largest absolute Gasteiger partial charge is 0.0843 e. The van der Waals surface area contributed by atoms with Crippen molar-refractivity contribution in [3.63, 3.8) is 0 Å². The van der Waals surface area contributed by atoms with Gasteiger partial charge in [0.1, 0.15) is 0 Å². The predicted molar refractivity (Wildman–Crippen MR) is 115 cm³/mol. The molecule has 26 heavy (non-hydrogen) atoms. The summed E-state index contributed by atoms with van der Waals surface area (Å²) in [5.41, 5.74) is 1.46. The van der Waals surface area contributed by atoms with Crippen LogP contribution in [0.5, 0.6) is 0 Å². The molecule has 0 spiro atoms. The third-order valence-electron chi connectivity index (χ3n) is 7.42. The number of unbranched alkanes of at least 4 members (excludes halogenated alkanes) is 2. The Hall–Kier alpha value is -0.490. The van der Waals surface area contributed by atoms with Gasteiger partial charge in [-0.1, -0.05) is 82.0 Å². The van der Waals surface area contributed by atoms with Crippen LogP contribution in [0.4, 0.5) is 0 Å². The van der Waals surface area contributed by atoms with Gasteiger partial charge in [0.2, 0.25) is 0 Å². The van der Waals surface area contributed by atoms with E-state index in [4.69, 9.17) is 11.6 Å². The first-order chi connectivity index (χ1) is 12.7. The number of hydrogen-bond donors (Lipinski definition) is 0. The Morgan fingerprint density at radius 3 is 1.81 bits per heavy atom. The first-order valence-electron chi connectivity index (χ1n) is 11.5. The highest BCUT2D eigenvalue weighted by atomic mass is 35.5. The molecule has 0 heterocycles. The molecule has 0 nitrogen and oxygen atoms in total. The van der Waals surface area contributed by atoms with Crippen molar-refractivity contribution >= 4 is 11.6 Å². The van der Waals surface area contributed by atoms with Crippen molar-refractivity contribution in [1.82, 2.24) is 0 Å². The fraction of sp³-hybridized carbons (Fsp3) is 0.760. The molecule has 0 radical (unpaired) electrons. The number of halogens is 1. The van der Waals surface area contributed by atoms with E-state index in [0.717, 1.165) is 28.7 Å². The van der Waals surface area contributed by atoms with E-state index in [1.165, 1.54) is 95.5 Å². The maximum Gasteiger partial charge on any atom is 0.0406 e. The van der Waals surface area contributed by atoms with Gasteiger partial charge in [0.15, 0.2) is 0 Å². The van der Waals surface area contributed by atoms with E-state index < -0.39 is 0 Å². The Morgan fingerprint density at radius 1 is 0.731 bits per heavy atom. The van der Waals surface area contributed by atoms with Crippen molar-refractivity contribution in [2.75, 3.05) is 0 Å². The summed E-state index contributed by atoms with van der Waals surface area (Å²) >= 11 is 5.99. The Labute approximate surface area is 167 Å². The molecule has 0 aromatic heterocycles. The fourth-order valence-corrected chi connectivity index (χ4v) is 5.73. The SMILES string of the molecule is CCCCC[C@H]1CC[C@H]([C@H]2CC[C@H](CCc3ccc(Cl)cc3)CC2)CC1. The summed E-state index contributed by atoms with van der Waals surface area (Å²) in [5.74, 6) is 4.15. The van der Waals surface area contributed by atoms with Crippen LogP contribution in [-0.2, 0) is 6.42 Å². The van der Waals surface area contributed by atoms with Crippen molar-refractivity contribution in [2.24, 2.45) is 23.7 Å². The van der Waals surface area contributed by atoms with Gasteiger partial charge in [-0.15, -0.1) is 0 Å². The maximum atomic E-state index is 5.99. The molecule has 2 fully saturated rings. The summed E-state index contributed by atoms with van der Waals surface area (Å²) in [7, 11) is 0. The average molecular weight is 375 g/mol. The van der Waals surface area contributed by atoms with Crippen LogP contribution in [0.25, 0.3) is 0 Å². The van der Waals surface area contributed by atoms with Gasteiger partial charge in [-0.25, -0.2) is 0 Å². The van der Waals surface area contributed by atoms with Crippen molar-refractivity contribution in [2.45, 2.75) is 96.8 Å². The topological polar surface area (TPSA) is 0 Å². The summed E-state index contributed by atoms with van der Waals surface area (Å²) in [6.45, 7) is 2.32. The lowest BCUT2D eigenvalue weighted by Gasteiger charge is -2.38. The molecule has 0 aliphatic heterocycles. The molecule has 3 rings (SSSR count). The monoisotopic (exact) mass is 374 g/mol. The second kappa shape index (κ2) is 10.7. The van der Waals surface area contributed by atoms with Crippen LogP contribution in [0.15, 0.2) is 24.3 Å². The summed E-state index contributed by atoms with van der Waals surface area (Å²) in [4.78, 5) is 0. The zero-order valence-corrected chi connectivity index (χ0v) is 17.7. The van der Waals surface area contributed by atoms with Crippen molar-refractivity contribution in [3.05, 3.63) is 34.9 Å². The van der Waals surface area contributed by atoms with E-state index in [1.54, 1.807) is 0 Å². The van der Waals surface area contributed by atoms with Crippen molar-refractivity contribution in [1.29, 1.82) is 0 Å². The smallest absolute Gasteiger partial charge is 0.0406 e. The van der Waals surface area contributed by atoms with Crippen molar-refractivity contribution < 1.29 is 0 Å². The minimum absolute atomic E-state index is 0.856. The maximum absolute atomic E-state index is 5.99. The Bertz CT molecular complexity index is 489. The highest BCUT2D eigenvalue weighted by molar-refractivity contribution is 6.30. The Kier molecular flexibility index (Phi) is 8.37. The lowest BCUT2D eigenvalue weighted by atomic mass is 9.68. The lowest BCUT2D eigenvalue weighted by molar-refractivity contribution is 0.140. The number of hydrogen-bond acceptors (Lipinski definition) is 0. The second-order valence-corrected chi connectivity index (χ2v) is 9.66. The first kappa shape index (κ1) is 20.2. The van der Waals surface area contributed by atoms with E-state index in [1.807, 2.05) is 12.1 Å². The van der Waals surface area contributed by atoms with Crippen LogP contribution >= 0.6 is 11.6 Å². The van der Waals surface area contributed by atoms with Crippen molar-refractivity contribution in [3.8, 4) is 0 Å². The minimum Gasteiger partial charge on any atom is -0.0843 e. The number of rotatable bonds is 8. The van der Waals surface area contributed by atoms with E-state index in [9.17, 15) is 0 Å². The molecule has 0 atom stereocenters. The predicted octanol–water partition coefficient (Wildman–Crippen LogP) is 8.47. The van der Waals surface area contributed by atoms with Gasteiger partial charge in [0.05, 0.1) is 0 Å². The van der Waals surface area contributed by atoms with Gasteiger partial charge in [-0.2, -0.15) is 0 Å². The average Bonchev–Trinajstić information content (AvgIpc) is 2.69. The van der Waals surface area contributed by atoms with Gasteiger partial charge in [-0.3, -0.25) is 0 Å². The van der Waals surface area contributed by atoms with E-state index in [0.29, 0.717) is 0 Å². The molecule has 2 aliphatic carbocycles. The van der Waals surface area contributed by atoms with Gasteiger partial charge < -0.3 is 0 Å². The molecule has 146 valence electrons. The molecule has 2 aliphatic rings. The van der Waals surface area contributed by atoms with Crippen LogP contribution in [-0.4, -0.2) is 0 Å². The Morgan fingerprint density at radius 2 is 1.27 bits per heavy atom. The minimum atomic E-state index is 0.856. The van der Waals surface area contributed by atoms with Crippen LogP contribution in [0.3, 0.4) is 0 Å². The molecule has 1 heteroatoms. The summed E-state index contributed by atoms with van der Waals surface area (Å²) in [6, 6.07) is 8.47. The third-order valence-corrected chi connectivity index (χ3v) is 7.67. The normalized spacial score (nSPS) is 29.6. The number of benzene rings is 1. The van der Waals surface area contributed by atoms with Gasteiger partial charge in [0.25, 0.3) is 0 Å². The molecule has 1 aromatic carbocycles. The Balaban J connectivity index is 1.32. The number of aryl methyl sites for hydroxylation is 1. The summed E-state index contributed by atoms with van der Waals surface area (Å²) in [6.07, 6.45) is 20.5. The van der Waals surface area contributed by atoms with Gasteiger partial charge in [0, 0.05) is 5.02 Å². The van der Waals surface area contributed by atoms with E-state index in [2.05, 4.69) is 19.1 Å².